The van der Waals surface area contributed by atoms with Crippen LogP contribution in [0, 0.1) is 21.4 Å². The van der Waals surface area contributed by atoms with E-state index in [1.165, 1.54) is 23.1 Å². The van der Waals surface area contributed by atoms with E-state index >= 15 is 0 Å². The van der Waals surface area contributed by atoms with Crippen LogP contribution >= 0.6 is 11.6 Å². The fraction of sp³-hybridized carbons (Fsp3) is 0.217. The molecule has 34 heavy (non-hydrogen) atoms. The number of carbonyl (C=O) groups is 1. The van der Waals surface area contributed by atoms with Crippen LogP contribution in [0.5, 0.6) is 0 Å². The number of hydrogen-bond donors (Lipinski definition) is 1. The number of nitro benzene ring substituents is 1. The van der Waals surface area contributed by atoms with E-state index in [1.807, 2.05) is 6.07 Å². The van der Waals surface area contributed by atoms with Crippen molar-refractivity contribution in [3.8, 4) is 6.07 Å². The minimum atomic E-state index is -4.66. The summed E-state index contributed by atoms with van der Waals surface area (Å²) in [5.41, 5.74) is 5.72. The Bertz CT molecular complexity index is 1330. The Morgan fingerprint density at radius 1 is 1.21 bits per heavy atom. The summed E-state index contributed by atoms with van der Waals surface area (Å²) in [6.45, 7) is 0. The average molecular weight is 489 g/mol. The van der Waals surface area contributed by atoms with Crippen LogP contribution < -0.4 is 10.6 Å². The van der Waals surface area contributed by atoms with Gasteiger partial charge in [-0.15, -0.1) is 0 Å². The predicted molar refractivity (Wildman–Crippen MR) is 117 cm³/mol. The molecule has 0 unspecified atom stereocenters. The van der Waals surface area contributed by atoms with Gasteiger partial charge in [0.05, 0.1) is 38.8 Å². The molecule has 1 atom stereocenters. The second-order valence-electron chi connectivity index (χ2n) is 7.83. The summed E-state index contributed by atoms with van der Waals surface area (Å²) in [5.74, 6) is -1.49. The number of carbonyl (C=O) groups excluding carboxylic acids is 1. The van der Waals surface area contributed by atoms with Gasteiger partial charge >= 0.3 is 6.18 Å². The molecule has 0 fully saturated rings. The molecule has 4 rings (SSSR count). The first kappa shape index (κ1) is 23.3. The summed E-state index contributed by atoms with van der Waals surface area (Å²) in [4.78, 5) is 25.0. The van der Waals surface area contributed by atoms with Gasteiger partial charge < -0.3 is 5.73 Å². The highest BCUT2D eigenvalue weighted by Crippen LogP contribution is 2.48. The van der Waals surface area contributed by atoms with Gasteiger partial charge in [0, 0.05) is 29.8 Å². The highest BCUT2D eigenvalue weighted by Gasteiger charge is 2.41. The molecule has 2 aliphatic rings. The summed E-state index contributed by atoms with van der Waals surface area (Å²) in [6.07, 6.45) is -3.79. The summed E-state index contributed by atoms with van der Waals surface area (Å²) in [7, 11) is 0. The van der Waals surface area contributed by atoms with Crippen molar-refractivity contribution in [2.24, 2.45) is 5.73 Å². The number of benzene rings is 2. The van der Waals surface area contributed by atoms with Crippen molar-refractivity contribution < 1.29 is 22.9 Å². The lowest BCUT2D eigenvalue weighted by Crippen LogP contribution is -2.39. The van der Waals surface area contributed by atoms with Crippen molar-refractivity contribution in [2.45, 2.75) is 31.4 Å². The maximum atomic E-state index is 13.4. The van der Waals surface area contributed by atoms with Gasteiger partial charge in [-0.1, -0.05) is 23.7 Å². The number of nitrogens with zero attached hydrogens (tertiary/aromatic N) is 3. The number of hydrogen-bond acceptors (Lipinski definition) is 6. The Hall–Kier alpha value is -3.84. The van der Waals surface area contributed by atoms with Gasteiger partial charge in [0.2, 0.25) is 0 Å². The predicted octanol–water partition coefficient (Wildman–Crippen LogP) is 5.57. The number of allylic oxidation sites excluding steroid dienone is 3. The third kappa shape index (κ3) is 3.88. The maximum Gasteiger partial charge on any atom is 0.416 e. The fourth-order valence-corrected chi connectivity index (χ4v) is 4.58. The van der Waals surface area contributed by atoms with E-state index < -0.39 is 22.6 Å². The van der Waals surface area contributed by atoms with Gasteiger partial charge in [0.1, 0.15) is 5.82 Å². The topological polar surface area (TPSA) is 113 Å². The molecule has 0 saturated carbocycles. The van der Waals surface area contributed by atoms with Gasteiger partial charge in [-0.2, -0.15) is 18.4 Å². The number of Topliss-reactive ketones (excluding diaryl/α,β-unsaturated/α-hetero) is 1. The molecule has 7 nitrogen and oxygen atoms in total. The average Bonchev–Trinajstić information content (AvgIpc) is 2.78. The van der Waals surface area contributed by atoms with Crippen LogP contribution in [0.25, 0.3) is 0 Å². The molecule has 0 amide bonds. The first-order valence-corrected chi connectivity index (χ1v) is 10.5. The van der Waals surface area contributed by atoms with Crippen molar-refractivity contribution in [2.75, 3.05) is 4.90 Å². The normalized spacial score (nSPS) is 18.6. The molecule has 1 aliphatic carbocycles. The van der Waals surface area contributed by atoms with Gasteiger partial charge in [-0.3, -0.25) is 19.8 Å². The second-order valence-corrected chi connectivity index (χ2v) is 8.24. The van der Waals surface area contributed by atoms with Gasteiger partial charge in [0.25, 0.3) is 5.69 Å². The van der Waals surface area contributed by atoms with Crippen LogP contribution in [-0.2, 0) is 11.0 Å². The number of nitro groups is 1. The Balaban J connectivity index is 1.99. The summed E-state index contributed by atoms with van der Waals surface area (Å²) < 4.78 is 40.2. The second kappa shape index (κ2) is 8.50. The Kier molecular flexibility index (Phi) is 5.83. The molecule has 0 spiro atoms. The molecule has 2 aromatic carbocycles. The maximum absolute atomic E-state index is 13.4. The molecule has 0 aromatic heterocycles. The highest BCUT2D eigenvalue weighted by atomic mass is 35.5. The monoisotopic (exact) mass is 488 g/mol. The zero-order valence-corrected chi connectivity index (χ0v) is 18.2. The number of rotatable bonds is 3. The third-order valence-corrected chi connectivity index (χ3v) is 6.16. The lowest BCUT2D eigenvalue weighted by molar-refractivity contribution is -0.384. The number of nitriles is 1. The van der Waals surface area contributed by atoms with Crippen molar-refractivity contribution in [3.05, 3.63) is 91.4 Å². The van der Waals surface area contributed by atoms with Crippen LogP contribution in [0.2, 0.25) is 5.02 Å². The zero-order chi connectivity index (χ0) is 24.8. The standard InChI is InChI=1S/C23H16ClF3N4O3/c24-16-8-7-13(23(25,26)27)10-18(16)30-17-5-2-6-19(32)21(17)20(15(11-28)22(30)29)12-3-1-4-14(9-12)31(33)34/h1,3-4,7-10,20H,2,5-6,29H2/t20-/m0/s1. The van der Waals surface area contributed by atoms with E-state index in [9.17, 15) is 33.3 Å². The molecular weight excluding hydrogens is 473 g/mol. The first-order valence-electron chi connectivity index (χ1n) is 10.1. The molecule has 0 saturated heterocycles. The quantitative estimate of drug-likeness (QED) is 0.446. The molecule has 0 radical (unpaired) electrons. The van der Waals surface area contributed by atoms with Crippen molar-refractivity contribution >= 4 is 28.8 Å². The molecule has 1 heterocycles. The summed E-state index contributed by atoms with van der Waals surface area (Å²) in [5, 5.41) is 21.2. The van der Waals surface area contributed by atoms with Gasteiger partial charge in [-0.25, -0.2) is 0 Å². The first-order chi connectivity index (χ1) is 16.0. The van der Waals surface area contributed by atoms with E-state index in [4.69, 9.17) is 17.3 Å². The number of non-ortho nitro benzene ring substituents is 1. The lowest BCUT2D eigenvalue weighted by Gasteiger charge is -2.40. The Morgan fingerprint density at radius 3 is 2.59 bits per heavy atom. The highest BCUT2D eigenvalue weighted by molar-refractivity contribution is 6.33. The third-order valence-electron chi connectivity index (χ3n) is 5.84. The summed E-state index contributed by atoms with van der Waals surface area (Å²) >= 11 is 6.26. The minimum Gasteiger partial charge on any atom is -0.384 e. The lowest BCUT2D eigenvalue weighted by atomic mass is 9.75. The van der Waals surface area contributed by atoms with Crippen molar-refractivity contribution in [3.63, 3.8) is 0 Å². The Morgan fingerprint density at radius 2 is 1.94 bits per heavy atom. The van der Waals surface area contributed by atoms with E-state index in [0.29, 0.717) is 24.1 Å². The van der Waals surface area contributed by atoms with Gasteiger partial charge in [0.15, 0.2) is 5.78 Å². The zero-order valence-electron chi connectivity index (χ0n) is 17.4. The van der Waals surface area contributed by atoms with Gasteiger partial charge in [-0.05, 0) is 36.6 Å². The van der Waals surface area contributed by atoms with Crippen LogP contribution in [0.15, 0.2) is 65.1 Å². The molecular formula is C23H16ClF3N4O3. The fourth-order valence-electron chi connectivity index (χ4n) is 4.37. The van der Waals surface area contributed by atoms with Crippen molar-refractivity contribution in [1.29, 1.82) is 5.26 Å². The molecule has 2 N–H and O–H groups in total. The molecule has 11 heteroatoms. The molecule has 1 aliphatic heterocycles. The van der Waals surface area contributed by atoms with E-state index in [0.717, 1.165) is 18.2 Å². The van der Waals surface area contributed by atoms with E-state index in [2.05, 4.69) is 0 Å². The molecule has 2 aromatic rings. The van der Waals surface area contributed by atoms with Crippen LogP contribution in [0.3, 0.4) is 0 Å². The number of ketones is 1. The SMILES string of the molecule is N#CC1=C(N)N(c2cc(C(F)(F)F)ccc2Cl)C2=C(C(=O)CCC2)[C@H]1c1cccc([N+](=O)[O-])c1. The largest absolute Gasteiger partial charge is 0.416 e. The number of nitrogens with two attached hydrogens (primary N) is 1. The van der Waals surface area contributed by atoms with E-state index in [-0.39, 0.29) is 45.6 Å². The Labute approximate surface area is 196 Å². The van der Waals surface area contributed by atoms with Crippen LogP contribution in [0.4, 0.5) is 24.5 Å². The van der Waals surface area contributed by atoms with Crippen LogP contribution in [-0.4, -0.2) is 10.7 Å². The van der Waals surface area contributed by atoms with E-state index in [1.54, 1.807) is 6.07 Å². The van der Waals surface area contributed by atoms with Crippen molar-refractivity contribution in [1.82, 2.24) is 0 Å². The van der Waals surface area contributed by atoms with Crippen LogP contribution in [0.1, 0.15) is 36.3 Å². The minimum absolute atomic E-state index is 0.0492. The molecule has 0 bridgehead atoms. The smallest absolute Gasteiger partial charge is 0.384 e. The number of anilines is 1. The molecule has 174 valence electrons. The summed E-state index contributed by atoms with van der Waals surface area (Å²) in [6, 6.07) is 10.2. The number of halogens is 4. The number of alkyl halides is 3.